The fourth-order valence-corrected chi connectivity index (χ4v) is 5.80. The number of pyridine rings is 1. The number of piperidine rings is 1. The fourth-order valence-electron chi connectivity index (χ4n) is 4.92. The Morgan fingerprint density at radius 1 is 1.06 bits per heavy atom. The first-order valence-corrected chi connectivity index (χ1v) is 12.8. The lowest BCUT2D eigenvalue weighted by molar-refractivity contribution is -0.128. The van der Waals surface area contributed by atoms with Crippen LogP contribution in [0.15, 0.2) is 71.6 Å². The summed E-state index contributed by atoms with van der Waals surface area (Å²) in [6.45, 7) is 8.72. The number of ether oxygens (including phenoxy) is 1. The second-order valence-electron chi connectivity index (χ2n) is 9.64. The van der Waals surface area contributed by atoms with Gasteiger partial charge in [-0.1, -0.05) is 56.3 Å². The van der Waals surface area contributed by atoms with Crippen molar-refractivity contribution in [3.8, 4) is 0 Å². The highest BCUT2D eigenvalue weighted by molar-refractivity contribution is 7.10. The first-order valence-electron chi connectivity index (χ1n) is 11.9. The van der Waals surface area contributed by atoms with Gasteiger partial charge in [0.05, 0.1) is 24.9 Å². The Bertz CT molecular complexity index is 1150. The van der Waals surface area contributed by atoms with E-state index in [9.17, 15) is 4.79 Å². The summed E-state index contributed by atoms with van der Waals surface area (Å²) in [5.74, 6) is 1.14. The topological polar surface area (TPSA) is 45.7 Å². The lowest BCUT2D eigenvalue weighted by Crippen LogP contribution is -2.48. The number of hydrogen-bond donors (Lipinski definition) is 0. The fraction of sp³-hybridized carbons (Fsp3) is 0.357. The summed E-state index contributed by atoms with van der Waals surface area (Å²) < 4.78 is 5.50. The molecule has 1 unspecified atom stereocenters. The molecule has 0 amide bonds. The van der Waals surface area contributed by atoms with Crippen molar-refractivity contribution in [3.05, 3.63) is 87.8 Å². The number of ketones is 1. The number of morpholine rings is 1. The predicted molar refractivity (Wildman–Crippen MR) is 138 cm³/mol. The number of likely N-dealkylation sites (tertiary alicyclic amines) is 1. The normalized spacial score (nSPS) is 22.3. The standard InChI is InChI=1S/C28H31N3O2S/c1-28(2)20-31(19-21-8-4-3-5-9-21)26(24-11-7-17-34-24)23(27(28)32)18-22-10-6-12-25(29-22)30-13-15-33-16-14-30/h3-12,17-18,26H,13-16,19-20H2,1-2H3. The Balaban J connectivity index is 1.55. The summed E-state index contributed by atoms with van der Waals surface area (Å²) in [6, 6.07) is 20.7. The number of aromatic nitrogens is 1. The molecule has 5 nitrogen and oxygen atoms in total. The van der Waals surface area contributed by atoms with Gasteiger partial charge in [-0.25, -0.2) is 4.98 Å². The van der Waals surface area contributed by atoms with Crippen LogP contribution in [0.25, 0.3) is 6.08 Å². The molecular formula is C28H31N3O2S. The van der Waals surface area contributed by atoms with E-state index in [-0.39, 0.29) is 11.8 Å². The van der Waals surface area contributed by atoms with Crippen LogP contribution < -0.4 is 4.90 Å². The van der Waals surface area contributed by atoms with Gasteiger partial charge in [-0.2, -0.15) is 0 Å². The first kappa shape index (κ1) is 23.0. The lowest BCUT2D eigenvalue weighted by Gasteiger charge is -2.44. The van der Waals surface area contributed by atoms with Crippen molar-refractivity contribution in [2.75, 3.05) is 37.7 Å². The zero-order valence-electron chi connectivity index (χ0n) is 19.8. The molecular weight excluding hydrogens is 442 g/mol. The Morgan fingerprint density at radius 2 is 1.85 bits per heavy atom. The molecule has 3 aromatic rings. The molecule has 1 aromatic carbocycles. The van der Waals surface area contributed by atoms with E-state index >= 15 is 0 Å². The summed E-state index contributed by atoms with van der Waals surface area (Å²) >= 11 is 1.71. The van der Waals surface area contributed by atoms with E-state index < -0.39 is 5.41 Å². The Hall–Kier alpha value is -2.80. The van der Waals surface area contributed by atoms with E-state index in [0.29, 0.717) is 19.8 Å². The minimum Gasteiger partial charge on any atom is -0.378 e. The maximum absolute atomic E-state index is 13.8. The highest BCUT2D eigenvalue weighted by Crippen LogP contribution is 2.43. The van der Waals surface area contributed by atoms with Crippen LogP contribution in [-0.2, 0) is 16.1 Å². The number of benzene rings is 1. The minimum absolute atomic E-state index is 0.0884. The smallest absolute Gasteiger partial charge is 0.167 e. The van der Waals surface area contributed by atoms with Crippen molar-refractivity contribution < 1.29 is 9.53 Å². The third kappa shape index (κ3) is 4.85. The van der Waals surface area contributed by atoms with Crippen molar-refractivity contribution in [2.24, 2.45) is 5.41 Å². The van der Waals surface area contributed by atoms with Gasteiger partial charge in [0.15, 0.2) is 5.78 Å². The third-order valence-corrected chi connectivity index (χ3v) is 7.50. The maximum atomic E-state index is 13.8. The number of hydrogen-bond acceptors (Lipinski definition) is 6. The number of Topliss-reactive ketones (excluding diaryl/α,β-unsaturated/α-hetero) is 1. The molecule has 6 heteroatoms. The summed E-state index contributed by atoms with van der Waals surface area (Å²) in [4.78, 5) is 24.6. The molecule has 34 heavy (non-hydrogen) atoms. The zero-order valence-corrected chi connectivity index (χ0v) is 20.6. The van der Waals surface area contributed by atoms with Crippen LogP contribution in [0.1, 0.15) is 36.0 Å². The molecule has 2 saturated heterocycles. The minimum atomic E-state index is -0.476. The van der Waals surface area contributed by atoms with Crippen LogP contribution >= 0.6 is 11.3 Å². The number of carbonyl (C=O) groups excluding carboxylic acids is 1. The van der Waals surface area contributed by atoms with Gasteiger partial charge in [0, 0.05) is 42.0 Å². The quantitative estimate of drug-likeness (QED) is 0.476. The van der Waals surface area contributed by atoms with Crippen LogP contribution in [0.5, 0.6) is 0 Å². The molecule has 4 heterocycles. The highest BCUT2D eigenvalue weighted by atomic mass is 32.1. The second-order valence-corrected chi connectivity index (χ2v) is 10.6. The molecule has 0 radical (unpaired) electrons. The van der Waals surface area contributed by atoms with Crippen LogP contribution in [0.4, 0.5) is 5.82 Å². The Kier molecular flexibility index (Phi) is 6.63. The molecule has 2 fully saturated rings. The summed E-state index contributed by atoms with van der Waals surface area (Å²) in [5.41, 5.74) is 2.42. The average Bonchev–Trinajstić information content (AvgIpc) is 3.38. The Morgan fingerprint density at radius 3 is 2.59 bits per heavy atom. The maximum Gasteiger partial charge on any atom is 0.167 e. The largest absolute Gasteiger partial charge is 0.378 e. The molecule has 0 N–H and O–H groups in total. The van der Waals surface area contributed by atoms with Crippen molar-refractivity contribution >= 4 is 29.0 Å². The molecule has 2 aliphatic rings. The summed E-state index contributed by atoms with van der Waals surface area (Å²) in [5, 5.41) is 2.09. The van der Waals surface area contributed by atoms with Gasteiger partial charge in [-0.15, -0.1) is 11.3 Å². The van der Waals surface area contributed by atoms with Crippen LogP contribution in [0, 0.1) is 5.41 Å². The van der Waals surface area contributed by atoms with Crippen molar-refractivity contribution in [1.29, 1.82) is 0 Å². The molecule has 0 bridgehead atoms. The molecule has 2 aromatic heterocycles. The number of nitrogens with zero attached hydrogens (tertiary/aromatic N) is 3. The second kappa shape index (κ2) is 9.82. The van der Waals surface area contributed by atoms with Gasteiger partial charge < -0.3 is 9.64 Å². The van der Waals surface area contributed by atoms with E-state index in [0.717, 1.165) is 36.7 Å². The van der Waals surface area contributed by atoms with Crippen LogP contribution in [0.3, 0.4) is 0 Å². The van der Waals surface area contributed by atoms with E-state index in [4.69, 9.17) is 9.72 Å². The van der Waals surface area contributed by atoms with Crippen molar-refractivity contribution in [3.63, 3.8) is 0 Å². The van der Waals surface area contributed by atoms with Crippen molar-refractivity contribution in [2.45, 2.75) is 26.4 Å². The Labute approximate surface area is 205 Å². The number of anilines is 1. The SMILES string of the molecule is CC1(C)CN(Cc2ccccc2)C(c2cccs2)C(=Cc2cccc(N3CCOCC3)n2)C1=O. The monoisotopic (exact) mass is 473 g/mol. The van der Waals surface area contributed by atoms with Crippen LogP contribution in [0.2, 0.25) is 0 Å². The molecule has 176 valence electrons. The van der Waals surface area contributed by atoms with Gasteiger partial charge in [0.1, 0.15) is 5.82 Å². The predicted octanol–water partition coefficient (Wildman–Crippen LogP) is 5.22. The molecule has 0 saturated carbocycles. The lowest BCUT2D eigenvalue weighted by atomic mass is 9.76. The number of thiophene rings is 1. The van der Waals surface area contributed by atoms with Gasteiger partial charge in [-0.3, -0.25) is 9.69 Å². The number of rotatable bonds is 5. The van der Waals surface area contributed by atoms with E-state index in [1.807, 2.05) is 30.3 Å². The van der Waals surface area contributed by atoms with Gasteiger partial charge >= 0.3 is 0 Å². The summed E-state index contributed by atoms with van der Waals surface area (Å²) in [7, 11) is 0. The first-order chi connectivity index (χ1) is 16.5. The summed E-state index contributed by atoms with van der Waals surface area (Å²) in [6.07, 6.45) is 2.02. The van der Waals surface area contributed by atoms with Gasteiger partial charge in [0.25, 0.3) is 0 Å². The molecule has 5 rings (SSSR count). The van der Waals surface area contributed by atoms with E-state index in [1.165, 1.54) is 10.4 Å². The van der Waals surface area contributed by atoms with E-state index in [1.54, 1.807) is 11.3 Å². The van der Waals surface area contributed by atoms with Crippen LogP contribution in [-0.4, -0.2) is 48.5 Å². The molecule has 0 aliphatic carbocycles. The molecule has 2 aliphatic heterocycles. The van der Waals surface area contributed by atoms with Gasteiger partial charge in [-0.05, 0) is 35.2 Å². The van der Waals surface area contributed by atoms with Crippen molar-refractivity contribution in [1.82, 2.24) is 9.88 Å². The number of carbonyl (C=O) groups is 1. The van der Waals surface area contributed by atoms with Gasteiger partial charge in [0.2, 0.25) is 0 Å². The molecule has 0 spiro atoms. The highest BCUT2D eigenvalue weighted by Gasteiger charge is 2.44. The zero-order chi connectivity index (χ0) is 23.5. The van der Waals surface area contributed by atoms with E-state index in [2.05, 4.69) is 65.4 Å². The average molecular weight is 474 g/mol. The molecule has 1 atom stereocenters. The third-order valence-electron chi connectivity index (χ3n) is 6.57.